The molecular formula is C15H10Cl2N2O2. The minimum absolute atomic E-state index is 0.0721. The second kappa shape index (κ2) is 5.76. The largest absolute Gasteiger partial charge is 0.456 e. The Morgan fingerprint density at radius 2 is 2.10 bits per heavy atom. The number of imidazole rings is 1. The maximum absolute atomic E-state index is 12.0. The van der Waals surface area contributed by atoms with Crippen LogP contribution in [0.3, 0.4) is 0 Å². The van der Waals surface area contributed by atoms with Crippen molar-refractivity contribution < 1.29 is 9.53 Å². The van der Waals surface area contributed by atoms with E-state index < -0.39 is 5.97 Å². The summed E-state index contributed by atoms with van der Waals surface area (Å²) < 4.78 is 6.98. The van der Waals surface area contributed by atoms with Gasteiger partial charge in [0.05, 0.1) is 0 Å². The van der Waals surface area contributed by atoms with Crippen LogP contribution in [-0.4, -0.2) is 15.4 Å². The number of hydrogen-bond donors (Lipinski definition) is 0. The number of hydrogen-bond acceptors (Lipinski definition) is 3. The number of carbonyl (C=O) groups is 1. The Balaban J connectivity index is 1.74. The number of nitrogens with zero attached hydrogens (tertiary/aromatic N) is 2. The normalized spacial score (nSPS) is 10.8. The maximum Gasteiger partial charge on any atom is 0.358 e. The minimum atomic E-state index is -0.496. The van der Waals surface area contributed by atoms with Gasteiger partial charge in [0.1, 0.15) is 12.3 Å². The fraction of sp³-hybridized carbons (Fsp3) is 0.0667. The van der Waals surface area contributed by atoms with Crippen molar-refractivity contribution >= 4 is 34.8 Å². The lowest BCUT2D eigenvalue weighted by molar-refractivity contribution is 0.0466. The van der Waals surface area contributed by atoms with Gasteiger partial charge in [0.2, 0.25) is 0 Å². The second-order valence-electron chi connectivity index (χ2n) is 4.40. The Morgan fingerprint density at radius 1 is 1.24 bits per heavy atom. The lowest BCUT2D eigenvalue weighted by atomic mass is 10.2. The number of halogens is 2. The summed E-state index contributed by atoms with van der Waals surface area (Å²) in [6.45, 7) is 0.0721. The van der Waals surface area contributed by atoms with E-state index in [4.69, 9.17) is 27.9 Å². The van der Waals surface area contributed by atoms with Gasteiger partial charge in [-0.1, -0.05) is 35.3 Å². The summed E-state index contributed by atoms with van der Waals surface area (Å²) in [5.74, 6) is -0.496. The van der Waals surface area contributed by atoms with E-state index in [1.54, 1.807) is 28.8 Å². The lowest BCUT2D eigenvalue weighted by Gasteiger charge is -2.05. The molecule has 1 aromatic carbocycles. The SMILES string of the molecule is O=C(OCc1ccc(Cl)cc1Cl)c1cn2ccccc2n1. The third kappa shape index (κ3) is 3.01. The molecule has 0 saturated heterocycles. The molecule has 0 spiro atoms. The van der Waals surface area contributed by atoms with E-state index >= 15 is 0 Å². The van der Waals surface area contributed by atoms with E-state index in [0.717, 1.165) is 0 Å². The Morgan fingerprint density at radius 3 is 2.86 bits per heavy atom. The van der Waals surface area contributed by atoms with Gasteiger partial charge in [0, 0.05) is 28.0 Å². The number of benzene rings is 1. The van der Waals surface area contributed by atoms with Crippen molar-refractivity contribution in [2.75, 3.05) is 0 Å². The summed E-state index contributed by atoms with van der Waals surface area (Å²) in [6, 6.07) is 10.6. The van der Waals surface area contributed by atoms with Crippen LogP contribution in [-0.2, 0) is 11.3 Å². The summed E-state index contributed by atoms with van der Waals surface area (Å²) in [7, 11) is 0. The van der Waals surface area contributed by atoms with E-state index in [9.17, 15) is 4.79 Å². The van der Waals surface area contributed by atoms with Crippen LogP contribution in [0.5, 0.6) is 0 Å². The molecule has 0 N–H and O–H groups in total. The van der Waals surface area contributed by atoms with E-state index in [1.807, 2.05) is 24.4 Å². The fourth-order valence-corrected chi connectivity index (χ4v) is 2.35. The van der Waals surface area contributed by atoms with Crippen LogP contribution < -0.4 is 0 Å². The quantitative estimate of drug-likeness (QED) is 0.685. The first-order valence-corrected chi connectivity index (χ1v) is 6.94. The average Bonchev–Trinajstić information content (AvgIpc) is 2.90. The molecule has 0 aliphatic rings. The Hall–Kier alpha value is -2.04. The van der Waals surface area contributed by atoms with Gasteiger partial charge in [0.15, 0.2) is 5.69 Å². The first-order valence-electron chi connectivity index (χ1n) is 6.18. The molecule has 0 unspecified atom stereocenters. The van der Waals surface area contributed by atoms with Crippen LogP contribution >= 0.6 is 23.2 Å². The molecule has 0 fully saturated rings. The van der Waals surface area contributed by atoms with Crippen LogP contribution in [0, 0.1) is 0 Å². The molecule has 0 amide bonds. The highest BCUT2D eigenvalue weighted by atomic mass is 35.5. The second-order valence-corrected chi connectivity index (χ2v) is 5.25. The highest BCUT2D eigenvalue weighted by Gasteiger charge is 2.13. The summed E-state index contributed by atoms with van der Waals surface area (Å²) in [6.07, 6.45) is 3.44. The van der Waals surface area contributed by atoms with E-state index in [-0.39, 0.29) is 12.3 Å². The molecule has 0 bridgehead atoms. The molecule has 4 nitrogen and oxygen atoms in total. The van der Waals surface area contributed by atoms with Crippen LogP contribution in [0.1, 0.15) is 16.1 Å². The molecule has 0 atom stereocenters. The first-order chi connectivity index (χ1) is 10.1. The molecule has 3 rings (SSSR count). The topological polar surface area (TPSA) is 43.6 Å². The standard InChI is InChI=1S/C15H10Cl2N2O2/c16-11-5-4-10(12(17)7-11)9-21-15(20)13-8-19-6-2-1-3-14(19)18-13/h1-8H,9H2. The predicted molar refractivity (Wildman–Crippen MR) is 80.8 cm³/mol. The first kappa shape index (κ1) is 13.9. The maximum atomic E-state index is 12.0. The van der Waals surface area contributed by atoms with Gasteiger partial charge in [0.25, 0.3) is 0 Å². The Kier molecular flexibility index (Phi) is 3.82. The number of aromatic nitrogens is 2. The number of rotatable bonds is 3. The lowest BCUT2D eigenvalue weighted by Crippen LogP contribution is -2.05. The predicted octanol–water partition coefficient (Wildman–Crippen LogP) is 4.00. The van der Waals surface area contributed by atoms with Gasteiger partial charge < -0.3 is 9.14 Å². The fourth-order valence-electron chi connectivity index (χ4n) is 1.89. The van der Waals surface area contributed by atoms with Crippen molar-refractivity contribution in [1.82, 2.24) is 9.38 Å². The zero-order valence-corrected chi connectivity index (χ0v) is 12.3. The molecule has 0 aliphatic heterocycles. The third-order valence-corrected chi connectivity index (χ3v) is 3.53. The molecule has 0 aliphatic carbocycles. The van der Waals surface area contributed by atoms with Crippen molar-refractivity contribution in [2.45, 2.75) is 6.61 Å². The van der Waals surface area contributed by atoms with E-state index in [2.05, 4.69) is 4.98 Å². The van der Waals surface area contributed by atoms with Crippen molar-refractivity contribution in [1.29, 1.82) is 0 Å². The molecule has 6 heteroatoms. The summed E-state index contributed by atoms with van der Waals surface area (Å²) in [5.41, 5.74) is 1.64. The minimum Gasteiger partial charge on any atom is -0.456 e. The number of esters is 1. The highest BCUT2D eigenvalue weighted by molar-refractivity contribution is 6.35. The van der Waals surface area contributed by atoms with Gasteiger partial charge in [-0.25, -0.2) is 9.78 Å². The number of pyridine rings is 1. The van der Waals surface area contributed by atoms with Crippen LogP contribution in [0.25, 0.3) is 5.65 Å². The van der Waals surface area contributed by atoms with E-state index in [1.165, 1.54) is 0 Å². The van der Waals surface area contributed by atoms with Crippen molar-refractivity contribution in [2.24, 2.45) is 0 Å². The summed E-state index contributed by atoms with van der Waals surface area (Å²) in [4.78, 5) is 16.2. The number of fused-ring (bicyclic) bond motifs is 1. The van der Waals surface area contributed by atoms with Gasteiger partial charge in [-0.2, -0.15) is 0 Å². The monoisotopic (exact) mass is 320 g/mol. The van der Waals surface area contributed by atoms with Crippen LogP contribution in [0.15, 0.2) is 48.8 Å². The van der Waals surface area contributed by atoms with Crippen LogP contribution in [0.4, 0.5) is 0 Å². The molecule has 2 aromatic heterocycles. The smallest absolute Gasteiger partial charge is 0.358 e. The molecule has 0 saturated carbocycles. The summed E-state index contributed by atoms with van der Waals surface area (Å²) >= 11 is 11.8. The molecule has 0 radical (unpaired) electrons. The molecule has 3 aromatic rings. The van der Waals surface area contributed by atoms with Crippen LogP contribution in [0.2, 0.25) is 10.0 Å². The molecule has 21 heavy (non-hydrogen) atoms. The molecular weight excluding hydrogens is 311 g/mol. The Labute approximate surface area is 130 Å². The van der Waals surface area contributed by atoms with Crippen molar-refractivity contribution in [3.8, 4) is 0 Å². The Bertz CT molecular complexity index is 781. The van der Waals surface area contributed by atoms with Gasteiger partial charge >= 0.3 is 5.97 Å². The zero-order valence-electron chi connectivity index (χ0n) is 10.8. The number of ether oxygens (including phenoxy) is 1. The summed E-state index contributed by atoms with van der Waals surface area (Å²) in [5, 5.41) is 1.00. The highest BCUT2D eigenvalue weighted by Crippen LogP contribution is 2.21. The van der Waals surface area contributed by atoms with Gasteiger partial charge in [-0.05, 0) is 24.3 Å². The average molecular weight is 321 g/mol. The van der Waals surface area contributed by atoms with Crippen molar-refractivity contribution in [3.63, 3.8) is 0 Å². The third-order valence-electron chi connectivity index (χ3n) is 2.95. The molecule has 2 heterocycles. The number of carbonyl (C=O) groups excluding carboxylic acids is 1. The zero-order chi connectivity index (χ0) is 14.8. The molecule has 106 valence electrons. The van der Waals surface area contributed by atoms with Gasteiger partial charge in [-0.15, -0.1) is 0 Å². The van der Waals surface area contributed by atoms with Crippen molar-refractivity contribution in [3.05, 3.63) is 70.1 Å². The van der Waals surface area contributed by atoms with E-state index in [0.29, 0.717) is 21.3 Å². The van der Waals surface area contributed by atoms with Gasteiger partial charge in [-0.3, -0.25) is 0 Å².